The summed E-state index contributed by atoms with van der Waals surface area (Å²) in [4.78, 5) is 26.2. The van der Waals surface area contributed by atoms with Gasteiger partial charge in [-0.2, -0.15) is 0 Å². The van der Waals surface area contributed by atoms with Gasteiger partial charge in [-0.3, -0.25) is 9.36 Å². The summed E-state index contributed by atoms with van der Waals surface area (Å²) in [6.07, 6.45) is 2.61. The number of aldehydes is 1. The van der Waals surface area contributed by atoms with E-state index in [1.54, 1.807) is 18.2 Å². The molecule has 0 radical (unpaired) electrons. The highest BCUT2D eigenvalue weighted by atomic mass is 16.1. The number of hydrogen-bond acceptors (Lipinski definition) is 3. The fourth-order valence-electron chi connectivity index (χ4n) is 1.46. The van der Waals surface area contributed by atoms with Gasteiger partial charge in [-0.05, 0) is 12.1 Å². The van der Waals surface area contributed by atoms with Crippen LogP contribution in [0.5, 0.6) is 0 Å². The monoisotopic (exact) mass is 202 g/mol. The van der Waals surface area contributed by atoms with Crippen LogP contribution in [-0.4, -0.2) is 15.8 Å². The maximum atomic E-state index is 11.8. The number of rotatable bonds is 3. The van der Waals surface area contributed by atoms with Crippen molar-refractivity contribution in [1.82, 2.24) is 9.55 Å². The first kappa shape index (κ1) is 9.58. The maximum Gasteiger partial charge on any atom is 0.261 e. The fourth-order valence-corrected chi connectivity index (χ4v) is 1.46. The van der Waals surface area contributed by atoms with Crippen molar-refractivity contribution in [1.29, 1.82) is 0 Å². The third-order valence-corrected chi connectivity index (χ3v) is 2.22. The normalized spacial score (nSPS) is 10.4. The lowest BCUT2D eigenvalue weighted by Gasteiger charge is -2.03. The number of aromatic nitrogens is 2. The van der Waals surface area contributed by atoms with Crippen LogP contribution < -0.4 is 5.56 Å². The molecular weight excluding hydrogens is 192 g/mol. The molecule has 0 bridgehead atoms. The average Bonchev–Trinajstić information content (AvgIpc) is 2.29. The molecule has 2 aromatic rings. The van der Waals surface area contributed by atoms with Gasteiger partial charge in [0.2, 0.25) is 0 Å². The summed E-state index contributed by atoms with van der Waals surface area (Å²) in [7, 11) is 0. The van der Waals surface area contributed by atoms with Crippen molar-refractivity contribution >= 4 is 17.2 Å². The van der Waals surface area contributed by atoms with E-state index in [-0.39, 0.29) is 5.56 Å². The highest BCUT2D eigenvalue weighted by Crippen LogP contribution is 2.04. The third kappa shape index (κ3) is 1.79. The third-order valence-electron chi connectivity index (χ3n) is 2.22. The van der Waals surface area contributed by atoms with Crippen molar-refractivity contribution in [2.24, 2.45) is 0 Å². The number of carbonyl (C=O) groups excluding carboxylic acids is 1. The molecule has 1 heterocycles. The summed E-state index contributed by atoms with van der Waals surface area (Å²) in [6, 6.07) is 7.17. The van der Waals surface area contributed by atoms with E-state index in [0.29, 0.717) is 23.9 Å². The first-order chi connectivity index (χ1) is 7.33. The van der Waals surface area contributed by atoms with Crippen LogP contribution in [0.15, 0.2) is 35.4 Å². The molecule has 2 rings (SSSR count). The summed E-state index contributed by atoms with van der Waals surface area (Å²) >= 11 is 0. The second-order valence-corrected chi connectivity index (χ2v) is 3.22. The second kappa shape index (κ2) is 4.04. The Morgan fingerprint density at radius 2 is 2.13 bits per heavy atom. The SMILES string of the molecule is O=CCCn1cnc2ccccc2c1=O. The van der Waals surface area contributed by atoms with Crippen molar-refractivity contribution in [2.45, 2.75) is 13.0 Å². The van der Waals surface area contributed by atoms with Crippen molar-refractivity contribution in [3.63, 3.8) is 0 Å². The first-order valence-corrected chi connectivity index (χ1v) is 4.71. The number of nitrogens with zero attached hydrogens (tertiary/aromatic N) is 2. The molecule has 0 aliphatic heterocycles. The van der Waals surface area contributed by atoms with E-state index < -0.39 is 0 Å². The Bertz CT molecular complexity index is 546. The Balaban J connectivity index is 2.55. The van der Waals surface area contributed by atoms with Crippen LogP contribution in [0.25, 0.3) is 10.9 Å². The van der Waals surface area contributed by atoms with E-state index in [4.69, 9.17) is 0 Å². The minimum absolute atomic E-state index is 0.0950. The summed E-state index contributed by atoms with van der Waals surface area (Å²) in [5, 5.41) is 0.589. The molecule has 0 spiro atoms. The minimum Gasteiger partial charge on any atom is -0.303 e. The number of carbonyl (C=O) groups is 1. The fraction of sp³-hybridized carbons (Fsp3) is 0.182. The van der Waals surface area contributed by atoms with Crippen LogP contribution in [-0.2, 0) is 11.3 Å². The Kier molecular flexibility index (Phi) is 2.58. The molecule has 4 heteroatoms. The number of fused-ring (bicyclic) bond motifs is 1. The molecule has 0 N–H and O–H groups in total. The highest BCUT2D eigenvalue weighted by molar-refractivity contribution is 5.76. The molecule has 0 amide bonds. The molecule has 76 valence electrons. The Morgan fingerprint density at radius 1 is 1.33 bits per heavy atom. The highest BCUT2D eigenvalue weighted by Gasteiger charge is 2.01. The smallest absolute Gasteiger partial charge is 0.261 e. The predicted octanol–water partition coefficient (Wildman–Crippen LogP) is 0.985. The molecule has 1 aromatic heterocycles. The van der Waals surface area contributed by atoms with E-state index in [9.17, 15) is 9.59 Å². The minimum atomic E-state index is -0.0950. The summed E-state index contributed by atoms with van der Waals surface area (Å²) in [5.41, 5.74) is 0.590. The first-order valence-electron chi connectivity index (χ1n) is 4.71. The van der Waals surface area contributed by atoms with Gasteiger partial charge in [0.05, 0.1) is 17.2 Å². The molecular formula is C11H10N2O2. The molecule has 1 aromatic carbocycles. The zero-order valence-electron chi connectivity index (χ0n) is 8.09. The van der Waals surface area contributed by atoms with Gasteiger partial charge < -0.3 is 4.79 Å². The van der Waals surface area contributed by atoms with Crippen LogP contribution in [0.3, 0.4) is 0 Å². The van der Waals surface area contributed by atoms with Gasteiger partial charge in [0, 0.05) is 13.0 Å². The molecule has 0 aliphatic rings. The maximum absolute atomic E-state index is 11.8. The van der Waals surface area contributed by atoms with Crippen molar-refractivity contribution < 1.29 is 4.79 Å². The quantitative estimate of drug-likeness (QED) is 0.697. The van der Waals surface area contributed by atoms with E-state index >= 15 is 0 Å². The molecule has 0 aliphatic carbocycles. The number of aryl methyl sites for hydroxylation is 1. The van der Waals surface area contributed by atoms with E-state index in [1.807, 2.05) is 6.07 Å². The topological polar surface area (TPSA) is 52.0 Å². The molecule has 0 saturated carbocycles. The van der Waals surface area contributed by atoms with Crippen LogP contribution in [0, 0.1) is 0 Å². The van der Waals surface area contributed by atoms with Crippen LogP contribution in [0.1, 0.15) is 6.42 Å². The predicted molar refractivity (Wildman–Crippen MR) is 56.7 cm³/mol. The van der Waals surface area contributed by atoms with Crippen LogP contribution in [0.2, 0.25) is 0 Å². The van der Waals surface area contributed by atoms with Gasteiger partial charge >= 0.3 is 0 Å². The zero-order valence-corrected chi connectivity index (χ0v) is 8.09. The molecule has 0 fully saturated rings. The van der Waals surface area contributed by atoms with Crippen molar-refractivity contribution in [2.75, 3.05) is 0 Å². The zero-order chi connectivity index (χ0) is 10.7. The lowest BCUT2D eigenvalue weighted by molar-refractivity contribution is -0.108. The lowest BCUT2D eigenvalue weighted by Crippen LogP contribution is -2.20. The van der Waals surface area contributed by atoms with Gasteiger partial charge in [0.25, 0.3) is 5.56 Å². The second-order valence-electron chi connectivity index (χ2n) is 3.22. The van der Waals surface area contributed by atoms with Gasteiger partial charge in [-0.15, -0.1) is 0 Å². The average molecular weight is 202 g/mol. The van der Waals surface area contributed by atoms with E-state index in [2.05, 4.69) is 4.98 Å². The lowest BCUT2D eigenvalue weighted by atomic mass is 10.2. The van der Waals surface area contributed by atoms with Crippen molar-refractivity contribution in [3.05, 3.63) is 40.9 Å². The van der Waals surface area contributed by atoms with Crippen molar-refractivity contribution in [3.8, 4) is 0 Å². The molecule has 4 nitrogen and oxygen atoms in total. The van der Waals surface area contributed by atoms with Crippen LogP contribution >= 0.6 is 0 Å². The number of hydrogen-bond donors (Lipinski definition) is 0. The van der Waals surface area contributed by atoms with Gasteiger partial charge in [-0.25, -0.2) is 4.98 Å². The molecule has 0 saturated heterocycles. The Morgan fingerprint density at radius 3 is 2.93 bits per heavy atom. The van der Waals surface area contributed by atoms with Gasteiger partial charge in [0.1, 0.15) is 6.29 Å². The van der Waals surface area contributed by atoms with Crippen LogP contribution in [0.4, 0.5) is 0 Å². The summed E-state index contributed by atoms with van der Waals surface area (Å²) in [5.74, 6) is 0. The number of benzene rings is 1. The molecule has 0 unspecified atom stereocenters. The molecule has 0 atom stereocenters. The Hall–Kier alpha value is -1.97. The summed E-state index contributed by atoms with van der Waals surface area (Å²) < 4.78 is 1.46. The van der Waals surface area contributed by atoms with E-state index in [0.717, 1.165) is 6.29 Å². The van der Waals surface area contributed by atoms with Gasteiger partial charge in [0.15, 0.2) is 0 Å². The van der Waals surface area contributed by atoms with E-state index in [1.165, 1.54) is 10.9 Å². The largest absolute Gasteiger partial charge is 0.303 e. The standard InChI is InChI=1S/C11H10N2O2/c14-7-3-6-13-8-12-10-5-2-1-4-9(10)11(13)15/h1-2,4-5,7-8H,3,6H2. The number of para-hydroxylation sites is 1. The molecule has 15 heavy (non-hydrogen) atoms. The van der Waals surface area contributed by atoms with Gasteiger partial charge in [-0.1, -0.05) is 12.1 Å². The summed E-state index contributed by atoms with van der Waals surface area (Å²) in [6.45, 7) is 0.389. The Labute approximate surface area is 86.2 Å².